The predicted molar refractivity (Wildman–Crippen MR) is 68.4 cm³/mol. The first-order valence-corrected chi connectivity index (χ1v) is 6.09. The Morgan fingerprint density at radius 2 is 2.39 bits per heavy atom. The molecule has 0 aromatic heterocycles. The quantitative estimate of drug-likeness (QED) is 0.606. The largest absolute Gasteiger partial charge is 0.371 e. The van der Waals surface area contributed by atoms with Crippen LogP contribution in [0, 0.1) is 27.4 Å². The molecule has 1 aromatic rings. The number of rotatable bonds is 3. The molecule has 5 nitrogen and oxygen atoms in total. The molecule has 0 saturated carbocycles. The third-order valence-corrected chi connectivity index (χ3v) is 3.53. The molecule has 94 valence electrons. The van der Waals surface area contributed by atoms with Gasteiger partial charge in [-0.05, 0) is 24.5 Å². The number of hydrogen-bond acceptors (Lipinski definition) is 4. The van der Waals surface area contributed by atoms with Crippen LogP contribution in [0.5, 0.6) is 0 Å². The van der Waals surface area contributed by atoms with Crippen LogP contribution >= 0.6 is 0 Å². The molecule has 1 aliphatic rings. The SMILES string of the molecule is CCC1CCN(c2ccc(C#N)c([N+](=O)[O-])c2)C1. The summed E-state index contributed by atoms with van der Waals surface area (Å²) in [6, 6.07) is 6.69. The fraction of sp³-hybridized carbons (Fsp3) is 0.462. The molecule has 0 spiro atoms. The molecular formula is C13H15N3O2. The summed E-state index contributed by atoms with van der Waals surface area (Å²) in [7, 11) is 0. The summed E-state index contributed by atoms with van der Waals surface area (Å²) in [6.07, 6.45) is 2.26. The van der Waals surface area contributed by atoms with Crippen molar-refractivity contribution in [2.24, 2.45) is 5.92 Å². The standard InChI is InChI=1S/C13H15N3O2/c1-2-10-5-6-15(9-10)12-4-3-11(8-14)13(7-12)16(17)18/h3-4,7,10H,2,5-6,9H2,1H3. The van der Waals surface area contributed by atoms with Gasteiger partial charge in [0.15, 0.2) is 0 Å². The van der Waals surface area contributed by atoms with Crippen molar-refractivity contribution in [3.05, 3.63) is 33.9 Å². The van der Waals surface area contributed by atoms with Crippen LogP contribution in [-0.2, 0) is 0 Å². The molecule has 0 bridgehead atoms. The predicted octanol–water partition coefficient (Wildman–Crippen LogP) is 2.70. The maximum atomic E-state index is 10.9. The van der Waals surface area contributed by atoms with Gasteiger partial charge in [-0.3, -0.25) is 10.1 Å². The Hall–Kier alpha value is -2.09. The average molecular weight is 245 g/mol. The van der Waals surface area contributed by atoms with E-state index in [4.69, 9.17) is 5.26 Å². The Morgan fingerprint density at radius 3 is 2.94 bits per heavy atom. The summed E-state index contributed by atoms with van der Waals surface area (Å²) in [5.74, 6) is 0.666. The van der Waals surface area contributed by atoms with Gasteiger partial charge in [-0.25, -0.2) is 0 Å². The Morgan fingerprint density at radius 1 is 1.61 bits per heavy atom. The lowest BCUT2D eigenvalue weighted by atomic mass is 10.1. The third-order valence-electron chi connectivity index (χ3n) is 3.53. The number of benzene rings is 1. The molecule has 0 amide bonds. The van der Waals surface area contributed by atoms with E-state index >= 15 is 0 Å². The molecule has 0 N–H and O–H groups in total. The maximum Gasteiger partial charge on any atom is 0.289 e. The molecule has 5 heteroatoms. The lowest BCUT2D eigenvalue weighted by Gasteiger charge is -2.18. The molecular weight excluding hydrogens is 230 g/mol. The highest BCUT2D eigenvalue weighted by Gasteiger charge is 2.23. The zero-order valence-electron chi connectivity index (χ0n) is 10.3. The van der Waals surface area contributed by atoms with E-state index in [2.05, 4.69) is 11.8 Å². The number of nitrogens with zero attached hydrogens (tertiary/aromatic N) is 3. The van der Waals surface area contributed by atoms with Crippen LogP contribution in [-0.4, -0.2) is 18.0 Å². The fourth-order valence-electron chi connectivity index (χ4n) is 2.36. The summed E-state index contributed by atoms with van der Waals surface area (Å²) in [5.41, 5.74) is 0.863. The van der Waals surface area contributed by atoms with Crippen LogP contribution in [0.1, 0.15) is 25.3 Å². The second-order valence-corrected chi connectivity index (χ2v) is 4.58. The van der Waals surface area contributed by atoms with Gasteiger partial charge in [0.2, 0.25) is 0 Å². The van der Waals surface area contributed by atoms with Crippen molar-refractivity contribution < 1.29 is 4.92 Å². The highest BCUT2D eigenvalue weighted by Crippen LogP contribution is 2.29. The number of nitro benzene ring substituents is 1. The van der Waals surface area contributed by atoms with Gasteiger partial charge in [-0.2, -0.15) is 5.26 Å². The van der Waals surface area contributed by atoms with Crippen molar-refractivity contribution in [2.45, 2.75) is 19.8 Å². The molecule has 1 heterocycles. The van der Waals surface area contributed by atoms with Crippen LogP contribution in [0.4, 0.5) is 11.4 Å². The van der Waals surface area contributed by atoms with Crippen molar-refractivity contribution in [3.8, 4) is 6.07 Å². The van der Waals surface area contributed by atoms with Gasteiger partial charge in [-0.1, -0.05) is 13.3 Å². The second kappa shape index (κ2) is 5.05. The van der Waals surface area contributed by atoms with Crippen LogP contribution in [0.15, 0.2) is 18.2 Å². The number of nitriles is 1. The van der Waals surface area contributed by atoms with Gasteiger partial charge in [0, 0.05) is 24.8 Å². The monoisotopic (exact) mass is 245 g/mol. The first-order chi connectivity index (χ1) is 8.65. The minimum absolute atomic E-state index is 0.102. The first kappa shape index (κ1) is 12.4. The Balaban J connectivity index is 2.28. The molecule has 0 aliphatic carbocycles. The van der Waals surface area contributed by atoms with Crippen LogP contribution in [0.2, 0.25) is 0 Å². The van der Waals surface area contributed by atoms with Crippen molar-refractivity contribution in [3.63, 3.8) is 0 Å². The van der Waals surface area contributed by atoms with Crippen LogP contribution in [0.25, 0.3) is 0 Å². The second-order valence-electron chi connectivity index (χ2n) is 4.58. The molecule has 1 fully saturated rings. The topological polar surface area (TPSA) is 70.2 Å². The molecule has 1 saturated heterocycles. The zero-order chi connectivity index (χ0) is 13.1. The van der Waals surface area contributed by atoms with Gasteiger partial charge in [0.25, 0.3) is 5.69 Å². The normalized spacial score (nSPS) is 18.7. The zero-order valence-corrected chi connectivity index (χ0v) is 10.3. The van der Waals surface area contributed by atoms with Crippen molar-refractivity contribution in [2.75, 3.05) is 18.0 Å². The van der Waals surface area contributed by atoms with Gasteiger partial charge in [0.05, 0.1) is 4.92 Å². The lowest BCUT2D eigenvalue weighted by molar-refractivity contribution is -0.385. The number of anilines is 1. The smallest absolute Gasteiger partial charge is 0.289 e. The van der Waals surface area contributed by atoms with E-state index in [1.165, 1.54) is 12.1 Å². The van der Waals surface area contributed by atoms with E-state index < -0.39 is 4.92 Å². The molecule has 1 aliphatic heterocycles. The minimum Gasteiger partial charge on any atom is -0.371 e. The summed E-state index contributed by atoms with van der Waals surface area (Å²) in [5, 5.41) is 19.7. The van der Waals surface area contributed by atoms with E-state index in [1.54, 1.807) is 6.07 Å². The summed E-state index contributed by atoms with van der Waals surface area (Å²) in [4.78, 5) is 12.6. The van der Waals surface area contributed by atoms with Crippen molar-refractivity contribution >= 4 is 11.4 Å². The van der Waals surface area contributed by atoms with Crippen molar-refractivity contribution in [1.82, 2.24) is 0 Å². The van der Waals surface area contributed by atoms with Crippen LogP contribution < -0.4 is 4.90 Å². The molecule has 0 radical (unpaired) electrons. The van der Waals surface area contributed by atoms with E-state index in [0.717, 1.165) is 31.6 Å². The average Bonchev–Trinajstić information content (AvgIpc) is 2.86. The molecule has 1 atom stereocenters. The Labute approximate surface area is 106 Å². The van der Waals surface area contributed by atoms with Gasteiger partial charge >= 0.3 is 0 Å². The van der Waals surface area contributed by atoms with E-state index in [0.29, 0.717) is 5.92 Å². The van der Waals surface area contributed by atoms with E-state index in [-0.39, 0.29) is 11.3 Å². The first-order valence-electron chi connectivity index (χ1n) is 6.09. The maximum absolute atomic E-state index is 10.9. The molecule has 2 rings (SSSR count). The fourth-order valence-corrected chi connectivity index (χ4v) is 2.36. The molecule has 1 aromatic carbocycles. The summed E-state index contributed by atoms with van der Waals surface area (Å²) >= 11 is 0. The van der Waals surface area contributed by atoms with Crippen LogP contribution in [0.3, 0.4) is 0 Å². The third kappa shape index (κ3) is 2.28. The van der Waals surface area contributed by atoms with Gasteiger partial charge in [0.1, 0.15) is 11.6 Å². The number of hydrogen-bond donors (Lipinski definition) is 0. The van der Waals surface area contributed by atoms with E-state index in [9.17, 15) is 10.1 Å². The van der Waals surface area contributed by atoms with Gasteiger partial charge in [-0.15, -0.1) is 0 Å². The van der Waals surface area contributed by atoms with Crippen molar-refractivity contribution in [1.29, 1.82) is 5.26 Å². The summed E-state index contributed by atoms with van der Waals surface area (Å²) < 4.78 is 0. The number of nitro groups is 1. The summed E-state index contributed by atoms with van der Waals surface area (Å²) in [6.45, 7) is 4.04. The lowest BCUT2D eigenvalue weighted by Crippen LogP contribution is -2.19. The molecule has 18 heavy (non-hydrogen) atoms. The Kier molecular flexibility index (Phi) is 3.47. The Bertz CT molecular complexity index is 507. The van der Waals surface area contributed by atoms with Gasteiger partial charge < -0.3 is 4.90 Å². The highest BCUT2D eigenvalue weighted by molar-refractivity contribution is 5.60. The molecule has 1 unspecified atom stereocenters. The highest BCUT2D eigenvalue weighted by atomic mass is 16.6. The minimum atomic E-state index is -0.491. The van der Waals surface area contributed by atoms with E-state index in [1.807, 2.05) is 6.07 Å².